The lowest BCUT2D eigenvalue weighted by atomic mass is 10.0. The summed E-state index contributed by atoms with van der Waals surface area (Å²) in [5.41, 5.74) is 0. The minimum atomic E-state index is -0.790. The standard InChI is InChI=1S/C54H103NO5/c1-4-7-10-13-16-19-22-24-26-27-28-31-33-36-39-42-45-50(60-54(59)47-44-41-38-35-32-29-25-23-20-17-14-11-8-5-2)48-53(58)55-51(49-56)52(57)46-43-40-37-34-30-21-18-15-12-9-6-3/h26-28,31,50-52,56-57H,4-25,29-30,32-49H2,1-3H3,(H,55,58)/b27-26+,31-28+. The molecular weight excluding hydrogens is 743 g/mol. The topological polar surface area (TPSA) is 95.9 Å². The van der Waals surface area contributed by atoms with Gasteiger partial charge in [-0.1, -0.05) is 244 Å². The number of hydrogen-bond donors (Lipinski definition) is 3. The summed E-state index contributed by atoms with van der Waals surface area (Å²) in [7, 11) is 0. The lowest BCUT2D eigenvalue weighted by molar-refractivity contribution is -0.151. The quantitative estimate of drug-likeness (QED) is 0.0322. The molecular formula is C54H103NO5. The van der Waals surface area contributed by atoms with Crippen LogP contribution >= 0.6 is 0 Å². The molecule has 0 saturated heterocycles. The normalized spacial score (nSPS) is 13.3. The number of allylic oxidation sites excluding steroid dienone is 4. The van der Waals surface area contributed by atoms with Crippen LogP contribution in [0.5, 0.6) is 0 Å². The van der Waals surface area contributed by atoms with E-state index >= 15 is 0 Å². The number of amides is 1. The Kier molecular flexibility index (Phi) is 47.0. The Balaban J connectivity index is 4.61. The van der Waals surface area contributed by atoms with Crippen molar-refractivity contribution < 1.29 is 24.5 Å². The fraction of sp³-hybridized carbons (Fsp3) is 0.889. The number of nitrogens with one attached hydrogen (secondary N) is 1. The van der Waals surface area contributed by atoms with Gasteiger partial charge in [0.25, 0.3) is 0 Å². The summed E-state index contributed by atoms with van der Waals surface area (Å²) in [6.07, 6.45) is 55.2. The summed E-state index contributed by atoms with van der Waals surface area (Å²) >= 11 is 0. The zero-order valence-corrected chi connectivity index (χ0v) is 40.4. The van der Waals surface area contributed by atoms with Crippen molar-refractivity contribution in [2.75, 3.05) is 6.61 Å². The van der Waals surface area contributed by atoms with E-state index in [4.69, 9.17) is 4.74 Å². The minimum Gasteiger partial charge on any atom is -0.462 e. The molecule has 0 aromatic rings. The molecule has 60 heavy (non-hydrogen) atoms. The molecule has 6 heteroatoms. The maximum Gasteiger partial charge on any atom is 0.306 e. The number of hydrogen-bond acceptors (Lipinski definition) is 5. The molecule has 354 valence electrons. The Morgan fingerprint density at radius 2 is 0.833 bits per heavy atom. The van der Waals surface area contributed by atoms with Crippen LogP contribution in [-0.2, 0) is 14.3 Å². The first kappa shape index (κ1) is 58.3. The number of aliphatic hydroxyl groups is 2. The molecule has 3 N–H and O–H groups in total. The van der Waals surface area contributed by atoms with Gasteiger partial charge in [-0.25, -0.2) is 0 Å². The van der Waals surface area contributed by atoms with Gasteiger partial charge in [0.2, 0.25) is 5.91 Å². The molecule has 1 amide bonds. The minimum absolute atomic E-state index is 0.0651. The van der Waals surface area contributed by atoms with Crippen molar-refractivity contribution in [1.29, 1.82) is 0 Å². The van der Waals surface area contributed by atoms with Gasteiger partial charge >= 0.3 is 5.97 Å². The predicted molar refractivity (Wildman–Crippen MR) is 260 cm³/mol. The molecule has 0 radical (unpaired) electrons. The van der Waals surface area contributed by atoms with E-state index in [0.717, 1.165) is 70.6 Å². The SMILES string of the molecule is CCCCCCCCC/C=C/C=C/CCCCCC(CC(=O)NC(CO)C(O)CCCCCCCCCCCCC)OC(=O)CCCCCCCCCCCCCCCC. The highest BCUT2D eigenvalue weighted by atomic mass is 16.5. The Morgan fingerprint density at radius 3 is 1.25 bits per heavy atom. The molecule has 0 bridgehead atoms. The first-order valence-corrected chi connectivity index (χ1v) is 26.6. The van der Waals surface area contributed by atoms with E-state index in [1.165, 1.54) is 167 Å². The number of esters is 1. The number of ether oxygens (including phenoxy) is 1. The summed E-state index contributed by atoms with van der Waals surface area (Å²) in [5.74, 6) is -0.485. The second kappa shape index (κ2) is 48.4. The fourth-order valence-corrected chi connectivity index (χ4v) is 8.25. The van der Waals surface area contributed by atoms with Crippen LogP contribution in [0.15, 0.2) is 24.3 Å². The number of unbranched alkanes of at least 4 members (excludes halogenated alkanes) is 33. The molecule has 0 aliphatic heterocycles. The molecule has 0 aromatic heterocycles. The molecule has 3 unspecified atom stereocenters. The average molecular weight is 846 g/mol. The zero-order chi connectivity index (χ0) is 43.8. The molecule has 0 aromatic carbocycles. The highest BCUT2D eigenvalue weighted by Crippen LogP contribution is 2.18. The first-order valence-electron chi connectivity index (χ1n) is 26.6. The van der Waals surface area contributed by atoms with Crippen LogP contribution < -0.4 is 5.32 Å². The van der Waals surface area contributed by atoms with Crippen molar-refractivity contribution in [3.8, 4) is 0 Å². The summed E-state index contributed by atoms with van der Waals surface area (Å²) in [6.45, 7) is 6.48. The van der Waals surface area contributed by atoms with Crippen molar-refractivity contribution >= 4 is 11.9 Å². The van der Waals surface area contributed by atoms with Crippen molar-refractivity contribution in [3.05, 3.63) is 24.3 Å². The van der Waals surface area contributed by atoms with Gasteiger partial charge in [0.15, 0.2) is 0 Å². The summed E-state index contributed by atoms with van der Waals surface area (Å²) in [4.78, 5) is 26.1. The van der Waals surface area contributed by atoms with Crippen molar-refractivity contribution in [2.45, 2.75) is 302 Å². The second-order valence-electron chi connectivity index (χ2n) is 18.3. The Hall–Kier alpha value is -1.66. The highest BCUT2D eigenvalue weighted by Gasteiger charge is 2.24. The van der Waals surface area contributed by atoms with Crippen LogP contribution in [0.25, 0.3) is 0 Å². The van der Waals surface area contributed by atoms with Gasteiger partial charge < -0.3 is 20.3 Å². The van der Waals surface area contributed by atoms with E-state index < -0.39 is 18.2 Å². The van der Waals surface area contributed by atoms with E-state index in [1.807, 2.05) is 0 Å². The van der Waals surface area contributed by atoms with Crippen molar-refractivity contribution in [1.82, 2.24) is 5.32 Å². The van der Waals surface area contributed by atoms with Gasteiger partial charge in [-0.2, -0.15) is 0 Å². The smallest absolute Gasteiger partial charge is 0.306 e. The van der Waals surface area contributed by atoms with E-state index in [2.05, 4.69) is 50.4 Å². The predicted octanol–water partition coefficient (Wildman–Crippen LogP) is 15.9. The van der Waals surface area contributed by atoms with Gasteiger partial charge in [-0.3, -0.25) is 9.59 Å². The van der Waals surface area contributed by atoms with Crippen LogP contribution in [0.2, 0.25) is 0 Å². The maximum atomic E-state index is 13.2. The summed E-state index contributed by atoms with van der Waals surface area (Å²) < 4.78 is 5.93. The number of carbonyl (C=O) groups excluding carboxylic acids is 2. The van der Waals surface area contributed by atoms with Crippen LogP contribution in [0.3, 0.4) is 0 Å². The molecule has 6 nitrogen and oxygen atoms in total. The zero-order valence-electron chi connectivity index (χ0n) is 40.4. The monoisotopic (exact) mass is 846 g/mol. The van der Waals surface area contributed by atoms with E-state index in [9.17, 15) is 19.8 Å². The van der Waals surface area contributed by atoms with Crippen LogP contribution in [0, 0.1) is 0 Å². The Labute approximate surface area is 373 Å². The average Bonchev–Trinajstić information content (AvgIpc) is 3.24. The Morgan fingerprint density at radius 1 is 0.483 bits per heavy atom. The molecule has 0 aliphatic rings. The van der Waals surface area contributed by atoms with E-state index in [-0.39, 0.29) is 24.9 Å². The van der Waals surface area contributed by atoms with Gasteiger partial charge in [0.1, 0.15) is 6.10 Å². The third kappa shape index (κ3) is 43.0. The summed E-state index contributed by atoms with van der Waals surface area (Å²) in [6, 6.07) is -0.705. The van der Waals surface area contributed by atoms with Gasteiger partial charge in [0.05, 0.1) is 25.2 Å². The molecule has 0 rings (SSSR count). The van der Waals surface area contributed by atoms with Gasteiger partial charge in [-0.05, 0) is 51.4 Å². The van der Waals surface area contributed by atoms with Crippen LogP contribution in [-0.4, -0.2) is 46.9 Å². The largest absolute Gasteiger partial charge is 0.462 e. The summed E-state index contributed by atoms with van der Waals surface area (Å²) in [5, 5.41) is 23.7. The lowest BCUT2D eigenvalue weighted by Crippen LogP contribution is -2.46. The molecule has 0 spiro atoms. The molecule has 0 fully saturated rings. The highest BCUT2D eigenvalue weighted by molar-refractivity contribution is 5.77. The number of rotatable bonds is 48. The number of aliphatic hydroxyl groups excluding tert-OH is 2. The van der Waals surface area contributed by atoms with Crippen LogP contribution in [0.4, 0.5) is 0 Å². The number of carbonyl (C=O) groups is 2. The molecule has 0 heterocycles. The Bertz CT molecular complexity index is 950. The molecule has 0 saturated carbocycles. The fourth-order valence-electron chi connectivity index (χ4n) is 8.25. The molecule has 0 aliphatic carbocycles. The third-order valence-corrected chi connectivity index (χ3v) is 12.3. The third-order valence-electron chi connectivity index (χ3n) is 12.3. The van der Waals surface area contributed by atoms with E-state index in [1.54, 1.807) is 0 Å². The first-order chi connectivity index (χ1) is 29.5. The van der Waals surface area contributed by atoms with Gasteiger partial charge in [0, 0.05) is 6.42 Å². The molecule has 3 atom stereocenters. The van der Waals surface area contributed by atoms with E-state index in [0.29, 0.717) is 19.3 Å². The van der Waals surface area contributed by atoms with Crippen LogP contribution in [0.1, 0.15) is 284 Å². The maximum absolute atomic E-state index is 13.2. The lowest BCUT2D eigenvalue weighted by Gasteiger charge is -2.24. The second-order valence-corrected chi connectivity index (χ2v) is 18.3. The van der Waals surface area contributed by atoms with Gasteiger partial charge in [-0.15, -0.1) is 0 Å². The van der Waals surface area contributed by atoms with Crippen molar-refractivity contribution in [3.63, 3.8) is 0 Å². The van der Waals surface area contributed by atoms with Crippen molar-refractivity contribution in [2.24, 2.45) is 0 Å².